The summed E-state index contributed by atoms with van der Waals surface area (Å²) >= 11 is 0. The highest BCUT2D eigenvalue weighted by Crippen LogP contribution is 2.24. The highest BCUT2D eigenvalue weighted by Gasteiger charge is 2.19. The molecule has 0 aliphatic carbocycles. The summed E-state index contributed by atoms with van der Waals surface area (Å²) in [6.45, 7) is 3.41. The number of fused-ring (bicyclic) bond motifs is 1. The van der Waals surface area contributed by atoms with Crippen LogP contribution in [-0.4, -0.2) is 26.1 Å². The van der Waals surface area contributed by atoms with E-state index in [2.05, 4.69) is 15.2 Å². The Balaban J connectivity index is 1.50. The van der Waals surface area contributed by atoms with Crippen LogP contribution in [0.4, 0.5) is 5.69 Å². The maximum atomic E-state index is 12.7. The van der Waals surface area contributed by atoms with Crippen LogP contribution in [0.15, 0.2) is 52.9 Å². The van der Waals surface area contributed by atoms with E-state index in [4.69, 9.17) is 9.15 Å². The van der Waals surface area contributed by atoms with Gasteiger partial charge in [-0.15, -0.1) is 10.2 Å². The van der Waals surface area contributed by atoms with Crippen molar-refractivity contribution in [1.29, 1.82) is 0 Å². The normalized spacial score (nSPS) is 10.9. The number of carbonyl (C=O) groups excluding carboxylic acids is 1. The molecule has 0 saturated carbocycles. The Bertz CT molecular complexity index is 1260. The van der Waals surface area contributed by atoms with Gasteiger partial charge in [0.25, 0.3) is 11.6 Å². The molecule has 0 amide bonds. The van der Waals surface area contributed by atoms with E-state index in [1.807, 2.05) is 31.2 Å². The second kappa shape index (κ2) is 7.70. The maximum Gasteiger partial charge on any atom is 0.340 e. The number of pyridine rings is 1. The first-order valence-electron chi connectivity index (χ1n) is 9.04. The van der Waals surface area contributed by atoms with Gasteiger partial charge in [0.1, 0.15) is 0 Å². The smallest absolute Gasteiger partial charge is 0.340 e. The molecule has 0 saturated heterocycles. The number of hydrogen-bond acceptors (Lipinski definition) is 8. The monoisotopic (exact) mass is 404 g/mol. The Hall–Kier alpha value is -4.14. The molecule has 2 aromatic heterocycles. The van der Waals surface area contributed by atoms with Gasteiger partial charge in [0.2, 0.25) is 5.89 Å². The van der Waals surface area contributed by atoms with Crippen molar-refractivity contribution in [1.82, 2.24) is 15.2 Å². The molecular formula is C21H16N4O5. The summed E-state index contributed by atoms with van der Waals surface area (Å²) in [6, 6.07) is 13.3. The quantitative estimate of drug-likeness (QED) is 0.276. The van der Waals surface area contributed by atoms with Crippen molar-refractivity contribution >= 4 is 22.6 Å². The number of hydrogen-bond donors (Lipinski definition) is 0. The first kappa shape index (κ1) is 19.2. The SMILES string of the molecule is Cc1nc2ccccc2c(C)c1C(=O)OCc1nnc(-c2ccc([N+](=O)[O-])cc2)o1. The van der Waals surface area contributed by atoms with Crippen molar-refractivity contribution in [2.75, 3.05) is 0 Å². The lowest BCUT2D eigenvalue weighted by Crippen LogP contribution is -2.11. The number of esters is 1. The minimum Gasteiger partial charge on any atom is -0.452 e. The second-order valence-electron chi connectivity index (χ2n) is 6.60. The molecule has 0 fully saturated rings. The van der Waals surface area contributed by atoms with Gasteiger partial charge in [-0.1, -0.05) is 18.2 Å². The fourth-order valence-electron chi connectivity index (χ4n) is 3.19. The van der Waals surface area contributed by atoms with E-state index in [0.29, 0.717) is 16.8 Å². The highest BCUT2D eigenvalue weighted by atomic mass is 16.6. The number of aromatic nitrogens is 3. The molecule has 0 N–H and O–H groups in total. The standard InChI is InChI=1S/C21H16N4O5/c1-12-16-5-3-4-6-17(16)22-13(2)19(12)21(26)29-11-18-23-24-20(30-18)14-7-9-15(10-8-14)25(27)28/h3-10H,11H2,1-2H3. The minimum absolute atomic E-state index is 0.0397. The molecule has 4 aromatic rings. The molecule has 0 unspecified atom stereocenters. The Morgan fingerprint density at radius 3 is 2.57 bits per heavy atom. The van der Waals surface area contributed by atoms with Crippen LogP contribution in [0.2, 0.25) is 0 Å². The molecule has 30 heavy (non-hydrogen) atoms. The molecule has 0 aliphatic rings. The van der Waals surface area contributed by atoms with E-state index >= 15 is 0 Å². The highest BCUT2D eigenvalue weighted by molar-refractivity contribution is 5.98. The third kappa shape index (κ3) is 3.60. The molecule has 0 atom stereocenters. The molecular weight excluding hydrogens is 388 g/mol. The summed E-state index contributed by atoms with van der Waals surface area (Å²) in [6.07, 6.45) is 0. The summed E-state index contributed by atoms with van der Waals surface area (Å²) in [4.78, 5) is 27.4. The van der Waals surface area contributed by atoms with Crippen LogP contribution in [-0.2, 0) is 11.3 Å². The third-order valence-electron chi connectivity index (χ3n) is 4.66. The number of benzene rings is 2. The molecule has 9 nitrogen and oxygen atoms in total. The van der Waals surface area contributed by atoms with Crippen LogP contribution in [0, 0.1) is 24.0 Å². The molecule has 150 valence electrons. The Morgan fingerprint density at radius 1 is 1.10 bits per heavy atom. The molecule has 0 bridgehead atoms. The fraction of sp³-hybridized carbons (Fsp3) is 0.143. The molecule has 0 radical (unpaired) electrons. The van der Waals surface area contributed by atoms with Crippen LogP contribution in [0.3, 0.4) is 0 Å². The average Bonchev–Trinajstić information content (AvgIpc) is 3.21. The van der Waals surface area contributed by atoms with Gasteiger partial charge in [0.15, 0.2) is 6.61 Å². The average molecular weight is 404 g/mol. The topological polar surface area (TPSA) is 121 Å². The first-order chi connectivity index (χ1) is 14.4. The van der Waals surface area contributed by atoms with Crippen molar-refractivity contribution in [3.05, 3.63) is 81.4 Å². The molecule has 2 aromatic carbocycles. The second-order valence-corrected chi connectivity index (χ2v) is 6.60. The number of rotatable bonds is 5. The number of non-ortho nitro benzene ring substituents is 1. The van der Waals surface area contributed by atoms with Crippen LogP contribution in [0.25, 0.3) is 22.4 Å². The van der Waals surface area contributed by atoms with Gasteiger partial charge in [-0.05, 0) is 37.6 Å². The molecule has 2 heterocycles. The number of nitrogens with zero attached hydrogens (tertiary/aromatic N) is 4. The van der Waals surface area contributed by atoms with Gasteiger partial charge < -0.3 is 9.15 Å². The predicted molar refractivity (Wildman–Crippen MR) is 107 cm³/mol. The van der Waals surface area contributed by atoms with Gasteiger partial charge in [0.05, 0.1) is 21.7 Å². The summed E-state index contributed by atoms with van der Waals surface area (Å²) in [5.41, 5.74) is 3.07. The lowest BCUT2D eigenvalue weighted by atomic mass is 10.0. The van der Waals surface area contributed by atoms with Crippen molar-refractivity contribution in [2.45, 2.75) is 20.5 Å². The zero-order valence-electron chi connectivity index (χ0n) is 16.2. The van der Waals surface area contributed by atoms with E-state index in [9.17, 15) is 14.9 Å². The van der Waals surface area contributed by atoms with Crippen LogP contribution < -0.4 is 0 Å². The van der Waals surface area contributed by atoms with Crippen LogP contribution in [0.1, 0.15) is 27.5 Å². The third-order valence-corrected chi connectivity index (χ3v) is 4.66. The fourth-order valence-corrected chi connectivity index (χ4v) is 3.19. The van der Waals surface area contributed by atoms with Crippen molar-refractivity contribution in [3.8, 4) is 11.5 Å². The van der Waals surface area contributed by atoms with Crippen molar-refractivity contribution in [2.24, 2.45) is 0 Å². The van der Waals surface area contributed by atoms with Gasteiger partial charge in [-0.2, -0.15) is 0 Å². The lowest BCUT2D eigenvalue weighted by Gasteiger charge is -2.11. The number of carbonyl (C=O) groups is 1. The Kier molecular flexibility index (Phi) is 4.93. The van der Waals surface area contributed by atoms with Crippen molar-refractivity contribution < 1.29 is 18.9 Å². The van der Waals surface area contributed by atoms with E-state index in [1.54, 1.807) is 6.92 Å². The largest absolute Gasteiger partial charge is 0.452 e. The summed E-state index contributed by atoms with van der Waals surface area (Å²) < 4.78 is 10.9. The van der Waals surface area contributed by atoms with E-state index in [1.165, 1.54) is 24.3 Å². The number of nitro groups is 1. The first-order valence-corrected chi connectivity index (χ1v) is 9.04. The van der Waals surface area contributed by atoms with Gasteiger partial charge in [-0.25, -0.2) is 4.79 Å². The zero-order chi connectivity index (χ0) is 21.3. The minimum atomic E-state index is -0.529. The molecule has 0 spiro atoms. The summed E-state index contributed by atoms with van der Waals surface area (Å²) in [7, 11) is 0. The lowest BCUT2D eigenvalue weighted by molar-refractivity contribution is -0.384. The van der Waals surface area contributed by atoms with E-state index in [0.717, 1.165) is 16.5 Å². The van der Waals surface area contributed by atoms with E-state index in [-0.39, 0.29) is 24.1 Å². The Labute approximate surface area is 170 Å². The van der Waals surface area contributed by atoms with Crippen molar-refractivity contribution in [3.63, 3.8) is 0 Å². The van der Waals surface area contributed by atoms with Gasteiger partial charge in [-0.3, -0.25) is 15.1 Å². The maximum absolute atomic E-state index is 12.7. The number of nitro benzene ring substituents is 1. The van der Waals surface area contributed by atoms with Gasteiger partial charge in [0, 0.05) is 23.1 Å². The molecule has 0 aliphatic heterocycles. The van der Waals surface area contributed by atoms with Crippen LogP contribution in [0.5, 0.6) is 0 Å². The molecule has 9 heteroatoms. The number of para-hydroxylation sites is 1. The zero-order valence-corrected chi connectivity index (χ0v) is 16.2. The Morgan fingerprint density at radius 2 is 1.83 bits per heavy atom. The van der Waals surface area contributed by atoms with Crippen LogP contribution >= 0.6 is 0 Å². The van der Waals surface area contributed by atoms with Gasteiger partial charge >= 0.3 is 5.97 Å². The molecule has 4 rings (SSSR count). The number of aryl methyl sites for hydroxylation is 2. The summed E-state index contributed by atoms with van der Waals surface area (Å²) in [5, 5.41) is 19.4. The summed E-state index contributed by atoms with van der Waals surface area (Å²) in [5.74, 6) is -0.241. The predicted octanol–water partition coefficient (Wildman–Crippen LogP) is 4.17. The van der Waals surface area contributed by atoms with E-state index < -0.39 is 10.9 Å². The number of ether oxygens (including phenoxy) is 1.